The average molecular weight is 216 g/mol. The highest BCUT2D eigenvalue weighted by atomic mass is 16.2. The quantitative estimate of drug-likeness (QED) is 0.521. The number of carbonyl (C=O) groups is 1. The van der Waals surface area contributed by atoms with Crippen molar-refractivity contribution in [2.45, 2.75) is 39.5 Å². The first-order valence-corrected chi connectivity index (χ1v) is 5.76. The number of nitrogens with two attached hydrogens (primary N) is 1. The Kier molecular flexibility index (Phi) is 7.34. The Morgan fingerprint density at radius 2 is 1.93 bits per heavy atom. The molecule has 4 nitrogen and oxygen atoms in total. The Labute approximate surface area is 92.2 Å². The summed E-state index contributed by atoms with van der Waals surface area (Å²) in [5.74, 6) is 0.0490. The van der Waals surface area contributed by atoms with Crippen LogP contribution < -0.4 is 11.1 Å². The molecule has 4 N–H and O–H groups in total. The third-order valence-electron chi connectivity index (χ3n) is 3.10. The highest BCUT2D eigenvalue weighted by molar-refractivity contribution is 5.82. The topological polar surface area (TPSA) is 75.4 Å². The summed E-state index contributed by atoms with van der Waals surface area (Å²) < 4.78 is 0. The van der Waals surface area contributed by atoms with Crippen LogP contribution in [0.15, 0.2) is 0 Å². The van der Waals surface area contributed by atoms with Crippen LogP contribution in [0.2, 0.25) is 0 Å². The molecule has 0 fully saturated rings. The molecule has 0 aromatic carbocycles. The summed E-state index contributed by atoms with van der Waals surface area (Å²) in [5.41, 5.74) is 5.26. The van der Waals surface area contributed by atoms with E-state index in [0.717, 1.165) is 25.7 Å². The third-order valence-corrected chi connectivity index (χ3v) is 3.10. The molecule has 0 aromatic heterocycles. The van der Waals surface area contributed by atoms with E-state index in [1.165, 1.54) is 0 Å². The normalized spacial score (nSPS) is 11.5. The van der Waals surface area contributed by atoms with Gasteiger partial charge in [-0.05, 0) is 25.7 Å². The summed E-state index contributed by atoms with van der Waals surface area (Å²) in [6.07, 6.45) is 3.09. The maximum atomic E-state index is 11.9. The summed E-state index contributed by atoms with van der Waals surface area (Å²) in [7, 11) is 0. The molecular weight excluding hydrogens is 192 g/mol. The molecule has 15 heavy (non-hydrogen) atoms. The van der Waals surface area contributed by atoms with E-state index in [-0.39, 0.29) is 12.5 Å². The molecule has 0 aliphatic rings. The Hall–Kier alpha value is -0.610. The van der Waals surface area contributed by atoms with Gasteiger partial charge in [-0.1, -0.05) is 13.8 Å². The maximum Gasteiger partial charge on any atom is 0.227 e. The number of rotatable bonds is 8. The van der Waals surface area contributed by atoms with Crippen molar-refractivity contribution in [1.29, 1.82) is 0 Å². The van der Waals surface area contributed by atoms with Crippen molar-refractivity contribution >= 4 is 5.91 Å². The lowest BCUT2D eigenvalue weighted by molar-refractivity contribution is -0.131. The predicted molar refractivity (Wildman–Crippen MR) is 61.4 cm³/mol. The largest absolute Gasteiger partial charge is 0.396 e. The van der Waals surface area contributed by atoms with Crippen molar-refractivity contribution in [2.24, 2.45) is 11.1 Å². The third kappa shape index (κ3) is 4.18. The van der Waals surface area contributed by atoms with Crippen LogP contribution in [0.4, 0.5) is 0 Å². The summed E-state index contributed by atoms with van der Waals surface area (Å²) in [4.78, 5) is 11.9. The monoisotopic (exact) mass is 216 g/mol. The second-order valence-corrected chi connectivity index (χ2v) is 3.88. The number of hydrogen-bond donors (Lipinski definition) is 3. The fraction of sp³-hybridized carbons (Fsp3) is 0.909. The van der Waals surface area contributed by atoms with Gasteiger partial charge in [-0.15, -0.1) is 0 Å². The molecule has 0 aliphatic heterocycles. The van der Waals surface area contributed by atoms with E-state index in [1.807, 2.05) is 13.8 Å². The van der Waals surface area contributed by atoms with Gasteiger partial charge in [0.15, 0.2) is 0 Å². The van der Waals surface area contributed by atoms with E-state index in [0.29, 0.717) is 13.1 Å². The second kappa shape index (κ2) is 7.65. The molecule has 0 unspecified atom stereocenters. The van der Waals surface area contributed by atoms with Crippen LogP contribution in [-0.2, 0) is 4.79 Å². The lowest BCUT2D eigenvalue weighted by Gasteiger charge is -2.28. The van der Waals surface area contributed by atoms with Gasteiger partial charge in [-0.2, -0.15) is 0 Å². The molecule has 0 rings (SSSR count). The molecule has 0 radical (unpaired) electrons. The van der Waals surface area contributed by atoms with Crippen LogP contribution in [0, 0.1) is 5.41 Å². The van der Waals surface area contributed by atoms with Crippen molar-refractivity contribution in [3.05, 3.63) is 0 Å². The SMILES string of the molecule is CCC(CC)(CN)C(=O)NCCCCO. The average Bonchev–Trinajstić information content (AvgIpc) is 2.28. The number of aliphatic hydroxyl groups excluding tert-OH is 1. The van der Waals surface area contributed by atoms with Crippen LogP contribution in [0.5, 0.6) is 0 Å². The van der Waals surface area contributed by atoms with E-state index < -0.39 is 5.41 Å². The predicted octanol–water partition coefficient (Wildman–Crippen LogP) is 0.640. The van der Waals surface area contributed by atoms with Gasteiger partial charge in [0.25, 0.3) is 0 Å². The second-order valence-electron chi connectivity index (χ2n) is 3.88. The van der Waals surface area contributed by atoms with Gasteiger partial charge in [-0.3, -0.25) is 4.79 Å². The lowest BCUT2D eigenvalue weighted by atomic mass is 9.81. The molecule has 0 bridgehead atoms. The number of nitrogens with one attached hydrogen (secondary N) is 1. The zero-order valence-electron chi connectivity index (χ0n) is 9.88. The molecule has 90 valence electrons. The van der Waals surface area contributed by atoms with E-state index in [4.69, 9.17) is 10.8 Å². The van der Waals surface area contributed by atoms with E-state index in [9.17, 15) is 4.79 Å². The van der Waals surface area contributed by atoms with Crippen LogP contribution in [0.25, 0.3) is 0 Å². The Balaban J connectivity index is 4.04. The first-order chi connectivity index (χ1) is 7.16. The van der Waals surface area contributed by atoms with Gasteiger partial charge in [0.1, 0.15) is 0 Å². The van der Waals surface area contributed by atoms with Crippen molar-refractivity contribution in [3.63, 3.8) is 0 Å². The fourth-order valence-electron chi connectivity index (χ4n) is 1.58. The molecule has 0 aromatic rings. The van der Waals surface area contributed by atoms with Gasteiger partial charge in [0, 0.05) is 19.7 Å². The van der Waals surface area contributed by atoms with Gasteiger partial charge in [0.05, 0.1) is 5.41 Å². The van der Waals surface area contributed by atoms with Gasteiger partial charge < -0.3 is 16.2 Å². The van der Waals surface area contributed by atoms with Crippen LogP contribution in [0.1, 0.15) is 39.5 Å². The molecule has 4 heteroatoms. The molecule has 0 saturated heterocycles. The Morgan fingerprint density at radius 1 is 1.33 bits per heavy atom. The number of unbranched alkanes of at least 4 members (excludes halogenated alkanes) is 1. The van der Waals surface area contributed by atoms with Crippen LogP contribution >= 0.6 is 0 Å². The van der Waals surface area contributed by atoms with Crippen LogP contribution in [0.3, 0.4) is 0 Å². The van der Waals surface area contributed by atoms with Gasteiger partial charge in [0.2, 0.25) is 5.91 Å². The number of aliphatic hydroxyl groups is 1. The van der Waals surface area contributed by atoms with Crippen molar-refractivity contribution in [3.8, 4) is 0 Å². The summed E-state index contributed by atoms with van der Waals surface area (Å²) in [6, 6.07) is 0. The number of amides is 1. The van der Waals surface area contributed by atoms with Crippen molar-refractivity contribution in [1.82, 2.24) is 5.32 Å². The Morgan fingerprint density at radius 3 is 2.33 bits per heavy atom. The summed E-state index contributed by atoms with van der Waals surface area (Å²) in [5, 5.41) is 11.5. The molecular formula is C11H24N2O2. The molecule has 0 aliphatic carbocycles. The summed E-state index contributed by atoms with van der Waals surface area (Å²) in [6.45, 7) is 5.18. The van der Waals surface area contributed by atoms with E-state index in [2.05, 4.69) is 5.32 Å². The molecule has 1 amide bonds. The molecule has 0 spiro atoms. The van der Waals surface area contributed by atoms with Crippen molar-refractivity contribution in [2.75, 3.05) is 19.7 Å². The number of carbonyl (C=O) groups excluding carboxylic acids is 1. The molecule has 0 saturated carbocycles. The zero-order valence-corrected chi connectivity index (χ0v) is 9.88. The summed E-state index contributed by atoms with van der Waals surface area (Å²) >= 11 is 0. The van der Waals surface area contributed by atoms with Gasteiger partial charge >= 0.3 is 0 Å². The fourth-order valence-corrected chi connectivity index (χ4v) is 1.58. The van der Waals surface area contributed by atoms with Crippen molar-refractivity contribution < 1.29 is 9.90 Å². The maximum absolute atomic E-state index is 11.9. The Bertz CT molecular complexity index is 171. The van der Waals surface area contributed by atoms with E-state index in [1.54, 1.807) is 0 Å². The standard InChI is InChI=1S/C11H24N2O2/c1-3-11(4-2,9-12)10(15)13-7-5-6-8-14/h14H,3-9,12H2,1-2H3,(H,13,15). The molecule has 0 heterocycles. The van der Waals surface area contributed by atoms with Crippen LogP contribution in [-0.4, -0.2) is 30.7 Å². The van der Waals surface area contributed by atoms with E-state index >= 15 is 0 Å². The smallest absolute Gasteiger partial charge is 0.227 e. The van der Waals surface area contributed by atoms with Gasteiger partial charge in [-0.25, -0.2) is 0 Å². The lowest BCUT2D eigenvalue weighted by Crippen LogP contribution is -2.45. The zero-order chi connectivity index (χ0) is 11.7. The minimum Gasteiger partial charge on any atom is -0.396 e. The molecule has 0 atom stereocenters. The number of hydrogen-bond acceptors (Lipinski definition) is 3. The highest BCUT2D eigenvalue weighted by Crippen LogP contribution is 2.24. The highest BCUT2D eigenvalue weighted by Gasteiger charge is 2.32. The minimum atomic E-state index is -0.404. The first kappa shape index (κ1) is 14.4. The first-order valence-electron chi connectivity index (χ1n) is 5.76. The minimum absolute atomic E-state index is 0.0490.